The molecule has 6 nitrogen and oxygen atoms in total. The average molecular weight is 451 g/mol. The van der Waals surface area contributed by atoms with Gasteiger partial charge in [0.2, 0.25) is 10.0 Å². The second-order valence-electron chi connectivity index (χ2n) is 8.16. The molecule has 0 bridgehead atoms. The summed E-state index contributed by atoms with van der Waals surface area (Å²) < 4.78 is 36.3. The minimum absolute atomic E-state index is 0.0658. The first kappa shape index (κ1) is 22.0. The Bertz CT molecular complexity index is 1280. The number of nitrogens with zero attached hydrogens (tertiary/aromatic N) is 2. The molecular formula is C25H26N2O4S. The molecule has 1 aliphatic rings. The second-order valence-corrected chi connectivity index (χ2v) is 10.1. The molecule has 7 heteroatoms. The molecule has 0 amide bonds. The summed E-state index contributed by atoms with van der Waals surface area (Å²) in [7, 11) is -1.94. The molecule has 1 unspecified atom stereocenters. The van der Waals surface area contributed by atoms with Gasteiger partial charge in [-0.3, -0.25) is 4.79 Å². The highest BCUT2D eigenvalue weighted by atomic mass is 32.2. The van der Waals surface area contributed by atoms with Gasteiger partial charge in [0, 0.05) is 32.4 Å². The number of aryl methyl sites for hydroxylation is 2. The van der Waals surface area contributed by atoms with E-state index in [0.29, 0.717) is 0 Å². The second kappa shape index (κ2) is 8.07. The van der Waals surface area contributed by atoms with E-state index in [1.165, 1.54) is 11.2 Å². The first-order valence-corrected chi connectivity index (χ1v) is 11.7. The molecule has 3 aromatic rings. The van der Waals surface area contributed by atoms with Gasteiger partial charge < -0.3 is 9.30 Å². The molecule has 2 heterocycles. The van der Waals surface area contributed by atoms with E-state index < -0.39 is 21.4 Å². The molecule has 0 fully saturated rings. The number of benzene rings is 2. The lowest BCUT2D eigenvalue weighted by atomic mass is 9.71. The molecular weight excluding hydrogens is 424 g/mol. The van der Waals surface area contributed by atoms with Crippen molar-refractivity contribution in [3.05, 3.63) is 102 Å². The summed E-state index contributed by atoms with van der Waals surface area (Å²) in [5.74, 6) is -0.297. The maximum absolute atomic E-state index is 13.7. The van der Waals surface area contributed by atoms with Crippen LogP contribution in [0.4, 0.5) is 0 Å². The van der Waals surface area contributed by atoms with Crippen molar-refractivity contribution in [2.45, 2.75) is 30.7 Å². The van der Waals surface area contributed by atoms with Crippen LogP contribution in [-0.2, 0) is 38.6 Å². The van der Waals surface area contributed by atoms with Gasteiger partial charge in [-0.2, -0.15) is 4.31 Å². The minimum atomic E-state index is -3.82. The lowest BCUT2D eigenvalue weighted by Gasteiger charge is -2.43. The van der Waals surface area contributed by atoms with Gasteiger partial charge in [-0.25, -0.2) is 8.42 Å². The zero-order valence-corrected chi connectivity index (χ0v) is 19.2. The topological polar surface area (TPSA) is 68.6 Å². The number of esters is 1. The SMILES string of the molecule is C=C(OC(C)=O)C1(c2ccccc2)CN(S(=O)(=O)c2ccc(C)cc2)Cc2c1ccn2C. The number of carbonyl (C=O) groups is 1. The van der Waals surface area contributed by atoms with Crippen LogP contribution >= 0.6 is 0 Å². The van der Waals surface area contributed by atoms with Crippen LogP contribution in [0.1, 0.15) is 29.3 Å². The van der Waals surface area contributed by atoms with Crippen LogP contribution in [0.5, 0.6) is 0 Å². The molecule has 0 spiro atoms. The van der Waals surface area contributed by atoms with Crippen LogP contribution in [0.3, 0.4) is 0 Å². The van der Waals surface area contributed by atoms with Crippen molar-refractivity contribution in [1.29, 1.82) is 0 Å². The Balaban J connectivity index is 1.94. The predicted molar refractivity (Wildman–Crippen MR) is 122 cm³/mol. The average Bonchev–Trinajstić information content (AvgIpc) is 3.14. The van der Waals surface area contributed by atoms with Crippen molar-refractivity contribution in [1.82, 2.24) is 8.87 Å². The molecule has 2 aromatic carbocycles. The Morgan fingerprint density at radius 1 is 1.06 bits per heavy atom. The first-order valence-electron chi connectivity index (χ1n) is 10.3. The van der Waals surface area contributed by atoms with Gasteiger partial charge in [0.25, 0.3) is 0 Å². The maximum atomic E-state index is 13.7. The molecule has 0 saturated heterocycles. The molecule has 1 aromatic heterocycles. The van der Waals surface area contributed by atoms with E-state index in [-0.39, 0.29) is 23.7 Å². The number of fused-ring (bicyclic) bond motifs is 1. The van der Waals surface area contributed by atoms with Gasteiger partial charge in [-0.1, -0.05) is 54.6 Å². The van der Waals surface area contributed by atoms with Crippen molar-refractivity contribution in [3.8, 4) is 0 Å². The quantitative estimate of drug-likeness (QED) is 0.437. The summed E-state index contributed by atoms with van der Waals surface area (Å²) in [5, 5.41) is 0. The lowest BCUT2D eigenvalue weighted by molar-refractivity contribution is -0.137. The van der Waals surface area contributed by atoms with Crippen LogP contribution in [0.2, 0.25) is 0 Å². The van der Waals surface area contributed by atoms with Gasteiger partial charge >= 0.3 is 5.97 Å². The van der Waals surface area contributed by atoms with Crippen LogP contribution < -0.4 is 0 Å². The maximum Gasteiger partial charge on any atom is 0.307 e. The third kappa shape index (κ3) is 3.57. The molecule has 166 valence electrons. The van der Waals surface area contributed by atoms with E-state index >= 15 is 0 Å². The predicted octanol–water partition coefficient (Wildman–Crippen LogP) is 3.90. The zero-order valence-electron chi connectivity index (χ0n) is 18.4. The molecule has 0 N–H and O–H groups in total. The zero-order chi connectivity index (χ0) is 23.1. The number of carbonyl (C=O) groups excluding carboxylic acids is 1. The fourth-order valence-electron chi connectivity index (χ4n) is 4.38. The molecule has 32 heavy (non-hydrogen) atoms. The van der Waals surface area contributed by atoms with E-state index in [1.54, 1.807) is 24.3 Å². The van der Waals surface area contributed by atoms with Crippen molar-refractivity contribution < 1.29 is 17.9 Å². The third-order valence-electron chi connectivity index (χ3n) is 6.07. The Hall–Kier alpha value is -3.16. The normalized spacial score (nSPS) is 18.7. The van der Waals surface area contributed by atoms with Crippen molar-refractivity contribution in [2.75, 3.05) is 6.54 Å². The number of aromatic nitrogens is 1. The smallest absolute Gasteiger partial charge is 0.307 e. The first-order chi connectivity index (χ1) is 15.2. The Morgan fingerprint density at radius 3 is 2.34 bits per heavy atom. The van der Waals surface area contributed by atoms with Crippen LogP contribution in [0.25, 0.3) is 0 Å². The van der Waals surface area contributed by atoms with E-state index in [4.69, 9.17) is 4.74 Å². The van der Waals surface area contributed by atoms with Gasteiger partial charge in [-0.05, 0) is 36.2 Å². The molecule has 4 rings (SSSR count). The van der Waals surface area contributed by atoms with E-state index in [0.717, 1.165) is 22.4 Å². The van der Waals surface area contributed by atoms with Crippen LogP contribution in [0.15, 0.2) is 84.1 Å². The Kier molecular flexibility index (Phi) is 5.56. The van der Waals surface area contributed by atoms with E-state index in [2.05, 4.69) is 6.58 Å². The highest BCUT2D eigenvalue weighted by Gasteiger charge is 2.49. The summed E-state index contributed by atoms with van der Waals surface area (Å²) in [6, 6.07) is 18.2. The minimum Gasteiger partial charge on any atom is -0.431 e. The fourth-order valence-corrected chi connectivity index (χ4v) is 5.81. The Morgan fingerprint density at radius 2 is 1.72 bits per heavy atom. The fraction of sp³-hybridized carbons (Fsp3) is 0.240. The van der Waals surface area contributed by atoms with Crippen molar-refractivity contribution >= 4 is 16.0 Å². The summed E-state index contributed by atoms with van der Waals surface area (Å²) in [5.41, 5.74) is 2.45. The van der Waals surface area contributed by atoms with Crippen LogP contribution in [-0.4, -0.2) is 29.8 Å². The summed E-state index contributed by atoms with van der Waals surface area (Å²) in [6.45, 7) is 7.61. The van der Waals surface area contributed by atoms with Crippen molar-refractivity contribution in [2.24, 2.45) is 7.05 Å². The summed E-state index contributed by atoms with van der Waals surface area (Å²) in [6.07, 6.45) is 1.89. The summed E-state index contributed by atoms with van der Waals surface area (Å²) >= 11 is 0. The summed E-state index contributed by atoms with van der Waals surface area (Å²) in [4.78, 5) is 12.1. The highest BCUT2D eigenvalue weighted by molar-refractivity contribution is 7.89. The standard InChI is InChI=1S/C25H26N2O4S/c1-18-10-12-22(13-11-18)32(29,30)27-16-24-23(14-15-26(24)4)25(17-27,19(2)31-20(3)28)21-8-6-5-7-9-21/h5-15H,2,16-17H2,1,3-4H3. The lowest BCUT2D eigenvalue weighted by Crippen LogP contribution is -2.50. The number of hydrogen-bond donors (Lipinski definition) is 0. The third-order valence-corrected chi connectivity index (χ3v) is 7.88. The monoisotopic (exact) mass is 450 g/mol. The van der Waals surface area contributed by atoms with Gasteiger partial charge in [-0.15, -0.1) is 0 Å². The molecule has 0 saturated carbocycles. The molecule has 0 aliphatic carbocycles. The van der Waals surface area contributed by atoms with E-state index in [9.17, 15) is 13.2 Å². The molecule has 1 aliphatic heterocycles. The number of hydrogen-bond acceptors (Lipinski definition) is 4. The number of sulfonamides is 1. The van der Waals surface area contributed by atoms with Crippen molar-refractivity contribution in [3.63, 3.8) is 0 Å². The van der Waals surface area contributed by atoms with Gasteiger partial charge in [0.15, 0.2) is 0 Å². The largest absolute Gasteiger partial charge is 0.431 e. The van der Waals surface area contributed by atoms with E-state index in [1.807, 2.05) is 61.1 Å². The molecule has 0 radical (unpaired) electrons. The van der Waals surface area contributed by atoms with Gasteiger partial charge in [0.05, 0.1) is 16.9 Å². The number of rotatable bonds is 5. The number of ether oxygens (including phenoxy) is 1. The van der Waals surface area contributed by atoms with Crippen LogP contribution in [0, 0.1) is 6.92 Å². The Labute approximate surface area is 188 Å². The van der Waals surface area contributed by atoms with Gasteiger partial charge in [0.1, 0.15) is 5.76 Å². The highest BCUT2D eigenvalue weighted by Crippen LogP contribution is 2.46. The molecule has 1 atom stereocenters.